The second-order valence-electron chi connectivity index (χ2n) is 5.29. The van der Waals surface area contributed by atoms with Crippen molar-refractivity contribution in [2.24, 2.45) is 0 Å². The first kappa shape index (κ1) is 16.6. The van der Waals surface area contributed by atoms with E-state index in [2.05, 4.69) is 15.6 Å². The molecule has 2 aromatic carbocycles. The summed E-state index contributed by atoms with van der Waals surface area (Å²) in [6.45, 7) is 0. The van der Waals surface area contributed by atoms with Gasteiger partial charge in [-0.05, 0) is 29.8 Å². The molecule has 0 aliphatic heterocycles. The van der Waals surface area contributed by atoms with Gasteiger partial charge >= 0.3 is 6.03 Å². The van der Waals surface area contributed by atoms with Crippen LogP contribution >= 0.6 is 0 Å². The van der Waals surface area contributed by atoms with Crippen molar-refractivity contribution >= 4 is 11.7 Å². The number of anilines is 1. The van der Waals surface area contributed by atoms with Gasteiger partial charge in [0.25, 0.3) is 0 Å². The first-order valence-corrected chi connectivity index (χ1v) is 7.62. The molecule has 0 unspecified atom stereocenters. The van der Waals surface area contributed by atoms with Gasteiger partial charge in [0.1, 0.15) is 17.3 Å². The van der Waals surface area contributed by atoms with E-state index < -0.39 is 29.4 Å². The molecule has 0 spiro atoms. The molecule has 126 valence electrons. The van der Waals surface area contributed by atoms with Crippen molar-refractivity contribution in [3.63, 3.8) is 0 Å². The molecule has 1 heterocycles. The Hall–Kier alpha value is -3.28. The van der Waals surface area contributed by atoms with E-state index >= 15 is 0 Å². The lowest BCUT2D eigenvalue weighted by Crippen LogP contribution is -2.34. The third kappa shape index (κ3) is 3.98. The van der Waals surface area contributed by atoms with E-state index in [1.165, 1.54) is 6.07 Å². The number of hydrogen-bond acceptors (Lipinski definition) is 2. The summed E-state index contributed by atoms with van der Waals surface area (Å²) in [5, 5.41) is 4.93. The van der Waals surface area contributed by atoms with Gasteiger partial charge in [0.2, 0.25) is 0 Å². The third-order valence-electron chi connectivity index (χ3n) is 3.59. The molecular weight excluding hydrogens is 324 g/mol. The number of aromatic nitrogens is 1. The number of urea groups is 1. The molecule has 0 radical (unpaired) electrons. The van der Waals surface area contributed by atoms with Gasteiger partial charge in [0.05, 0.1) is 11.7 Å². The van der Waals surface area contributed by atoms with Crippen LogP contribution in [0.2, 0.25) is 0 Å². The van der Waals surface area contributed by atoms with Gasteiger partial charge in [-0.25, -0.2) is 13.6 Å². The monoisotopic (exact) mass is 339 g/mol. The molecule has 2 N–H and O–H groups in total. The molecule has 0 aliphatic carbocycles. The second kappa shape index (κ2) is 7.53. The van der Waals surface area contributed by atoms with Crippen LogP contribution in [0.25, 0.3) is 0 Å². The van der Waals surface area contributed by atoms with Crippen molar-refractivity contribution in [3.8, 4) is 0 Å². The van der Waals surface area contributed by atoms with Crippen LogP contribution < -0.4 is 10.6 Å². The quantitative estimate of drug-likeness (QED) is 0.746. The zero-order valence-electron chi connectivity index (χ0n) is 13.1. The lowest BCUT2D eigenvalue weighted by Gasteiger charge is -2.19. The molecule has 0 saturated carbocycles. The molecule has 2 amide bonds. The van der Waals surface area contributed by atoms with Crippen LogP contribution in [0.5, 0.6) is 0 Å². The van der Waals surface area contributed by atoms with Crippen LogP contribution in [0.1, 0.15) is 17.3 Å². The number of halogens is 2. The van der Waals surface area contributed by atoms with Crippen molar-refractivity contribution < 1.29 is 13.6 Å². The fourth-order valence-electron chi connectivity index (χ4n) is 2.42. The Kier molecular flexibility index (Phi) is 4.99. The van der Waals surface area contributed by atoms with E-state index in [1.54, 1.807) is 24.4 Å². The predicted octanol–water partition coefficient (Wildman–Crippen LogP) is 4.27. The molecule has 1 aromatic heterocycles. The number of para-hydroxylation sites is 1. The Balaban J connectivity index is 1.84. The Morgan fingerprint density at radius 1 is 0.880 bits per heavy atom. The lowest BCUT2D eigenvalue weighted by molar-refractivity contribution is 0.249. The summed E-state index contributed by atoms with van der Waals surface area (Å²) in [5.74, 6) is -1.69. The maximum atomic E-state index is 13.7. The van der Waals surface area contributed by atoms with Crippen LogP contribution in [0, 0.1) is 11.6 Å². The van der Waals surface area contributed by atoms with E-state index in [-0.39, 0.29) is 0 Å². The van der Waals surface area contributed by atoms with Crippen LogP contribution in [0.4, 0.5) is 19.3 Å². The topological polar surface area (TPSA) is 54.0 Å². The normalized spacial score (nSPS) is 11.6. The van der Waals surface area contributed by atoms with Crippen LogP contribution in [-0.4, -0.2) is 11.0 Å². The number of nitrogens with zero attached hydrogens (tertiary/aromatic N) is 1. The number of pyridine rings is 1. The van der Waals surface area contributed by atoms with E-state index in [4.69, 9.17) is 0 Å². The Morgan fingerprint density at radius 2 is 1.56 bits per heavy atom. The highest BCUT2D eigenvalue weighted by Crippen LogP contribution is 2.21. The van der Waals surface area contributed by atoms with Crippen molar-refractivity contribution in [1.29, 1.82) is 0 Å². The number of amides is 2. The van der Waals surface area contributed by atoms with E-state index in [0.717, 1.165) is 17.7 Å². The molecule has 0 bridgehead atoms. The predicted molar refractivity (Wildman–Crippen MR) is 91.0 cm³/mol. The average Bonchev–Trinajstić information content (AvgIpc) is 2.64. The molecule has 0 saturated heterocycles. The first-order valence-electron chi connectivity index (χ1n) is 7.62. The molecule has 3 aromatic rings. The van der Waals surface area contributed by atoms with Gasteiger partial charge in [0, 0.05) is 6.20 Å². The van der Waals surface area contributed by atoms with Gasteiger partial charge in [-0.15, -0.1) is 0 Å². The molecule has 4 nitrogen and oxygen atoms in total. The standard InChI is InChI=1S/C19H15F2N3O/c20-14-9-6-10-15(21)18(14)24-19(25)23-17(13-7-2-1-3-8-13)16-11-4-5-12-22-16/h1-12,17H,(H2,23,24,25)/t17-/m1/s1. The van der Waals surface area contributed by atoms with Gasteiger partial charge in [-0.3, -0.25) is 4.98 Å². The fraction of sp³-hybridized carbons (Fsp3) is 0.0526. The summed E-state index contributed by atoms with van der Waals surface area (Å²) >= 11 is 0. The van der Waals surface area contributed by atoms with Gasteiger partial charge < -0.3 is 10.6 Å². The highest BCUT2D eigenvalue weighted by molar-refractivity contribution is 5.90. The van der Waals surface area contributed by atoms with Crippen LogP contribution in [0.15, 0.2) is 72.9 Å². The maximum absolute atomic E-state index is 13.7. The van der Waals surface area contributed by atoms with Crippen LogP contribution in [-0.2, 0) is 0 Å². The molecule has 0 aliphatic rings. The smallest absolute Gasteiger partial charge is 0.320 e. The number of benzene rings is 2. The van der Waals surface area contributed by atoms with E-state index in [9.17, 15) is 13.6 Å². The zero-order chi connectivity index (χ0) is 17.6. The Labute approximate surface area is 143 Å². The number of rotatable bonds is 4. The van der Waals surface area contributed by atoms with Crippen molar-refractivity contribution in [2.45, 2.75) is 6.04 Å². The number of carbonyl (C=O) groups is 1. The molecule has 3 rings (SSSR count). The van der Waals surface area contributed by atoms with E-state index in [0.29, 0.717) is 5.69 Å². The van der Waals surface area contributed by atoms with Crippen molar-refractivity contribution in [3.05, 3.63) is 95.8 Å². The highest BCUT2D eigenvalue weighted by Gasteiger charge is 2.19. The average molecular weight is 339 g/mol. The largest absolute Gasteiger partial charge is 0.325 e. The van der Waals surface area contributed by atoms with Crippen LogP contribution in [0.3, 0.4) is 0 Å². The molecule has 25 heavy (non-hydrogen) atoms. The highest BCUT2D eigenvalue weighted by atomic mass is 19.1. The van der Waals surface area contributed by atoms with Gasteiger partial charge in [-0.2, -0.15) is 0 Å². The zero-order valence-corrected chi connectivity index (χ0v) is 13.1. The lowest BCUT2D eigenvalue weighted by atomic mass is 10.0. The maximum Gasteiger partial charge on any atom is 0.320 e. The van der Waals surface area contributed by atoms with Gasteiger partial charge in [-0.1, -0.05) is 42.5 Å². The van der Waals surface area contributed by atoms with Crippen molar-refractivity contribution in [2.75, 3.05) is 5.32 Å². The van der Waals surface area contributed by atoms with Crippen molar-refractivity contribution in [1.82, 2.24) is 10.3 Å². The van der Waals surface area contributed by atoms with E-state index in [1.807, 2.05) is 30.3 Å². The Morgan fingerprint density at radius 3 is 2.20 bits per heavy atom. The minimum Gasteiger partial charge on any atom is -0.325 e. The summed E-state index contributed by atoms with van der Waals surface area (Å²) in [4.78, 5) is 16.6. The molecule has 0 fully saturated rings. The number of nitrogens with one attached hydrogen (secondary N) is 2. The van der Waals surface area contributed by atoms with Gasteiger partial charge in [0.15, 0.2) is 0 Å². The molecular formula is C19H15F2N3O. The number of hydrogen-bond donors (Lipinski definition) is 2. The minimum absolute atomic E-state index is 0.493. The Bertz CT molecular complexity index is 797. The number of carbonyl (C=O) groups excluding carboxylic acids is 1. The summed E-state index contributed by atoms with van der Waals surface area (Å²) < 4.78 is 27.4. The summed E-state index contributed by atoms with van der Waals surface area (Å²) in [5.41, 5.74) is 0.913. The second-order valence-corrected chi connectivity index (χ2v) is 5.29. The summed E-state index contributed by atoms with van der Waals surface area (Å²) in [7, 11) is 0. The molecule has 1 atom stereocenters. The molecule has 6 heteroatoms. The SMILES string of the molecule is O=C(Nc1c(F)cccc1F)N[C@H](c1ccccc1)c1ccccn1. The minimum atomic E-state index is -0.843. The first-order chi connectivity index (χ1) is 12.1. The summed E-state index contributed by atoms with van der Waals surface area (Å²) in [6.07, 6.45) is 1.61. The third-order valence-corrected chi connectivity index (χ3v) is 3.59. The summed E-state index contributed by atoms with van der Waals surface area (Å²) in [6, 6.07) is 16.6. The fourth-order valence-corrected chi connectivity index (χ4v) is 2.42.